The lowest BCUT2D eigenvalue weighted by molar-refractivity contribution is 0.287. The number of rotatable bonds is 2. The molecular weight excluding hydrogens is 296 g/mol. The standard InChI is InChI=1S/C10H14BrClN2S/c11-9-6-8(15-10(9)12)7-14-4-1-2-13-3-5-14/h6,13H,1-5,7H2. The minimum Gasteiger partial charge on any atom is -0.315 e. The Morgan fingerprint density at radius 3 is 3.07 bits per heavy atom. The van der Waals surface area contributed by atoms with Crippen molar-refractivity contribution in [3.63, 3.8) is 0 Å². The zero-order valence-corrected chi connectivity index (χ0v) is 11.6. The normalized spacial score (nSPS) is 19.1. The van der Waals surface area contributed by atoms with Gasteiger partial charge in [0.2, 0.25) is 0 Å². The number of nitrogens with zero attached hydrogens (tertiary/aromatic N) is 1. The molecule has 2 rings (SSSR count). The van der Waals surface area contributed by atoms with E-state index in [1.54, 1.807) is 11.3 Å². The van der Waals surface area contributed by atoms with Gasteiger partial charge in [-0.2, -0.15) is 0 Å². The Morgan fingerprint density at radius 1 is 1.47 bits per heavy atom. The van der Waals surface area contributed by atoms with E-state index >= 15 is 0 Å². The molecule has 84 valence electrons. The Kier molecular flexibility index (Phi) is 4.46. The Morgan fingerprint density at radius 2 is 2.33 bits per heavy atom. The van der Waals surface area contributed by atoms with Gasteiger partial charge in [0.1, 0.15) is 4.34 Å². The van der Waals surface area contributed by atoms with Crippen LogP contribution in [0.3, 0.4) is 0 Å². The van der Waals surface area contributed by atoms with E-state index in [1.807, 2.05) is 0 Å². The highest BCUT2D eigenvalue weighted by molar-refractivity contribution is 9.10. The smallest absolute Gasteiger partial charge is 0.107 e. The Bertz CT molecular complexity index is 302. The minimum atomic E-state index is 0.859. The molecule has 0 amide bonds. The third kappa shape index (κ3) is 3.43. The van der Waals surface area contributed by atoms with Crippen LogP contribution in [0.15, 0.2) is 10.5 Å². The highest BCUT2D eigenvalue weighted by atomic mass is 79.9. The molecular formula is C10H14BrClN2S. The zero-order chi connectivity index (χ0) is 10.7. The van der Waals surface area contributed by atoms with E-state index in [2.05, 4.69) is 32.2 Å². The lowest BCUT2D eigenvalue weighted by Gasteiger charge is -2.17. The van der Waals surface area contributed by atoms with Gasteiger partial charge in [-0.1, -0.05) is 11.6 Å². The van der Waals surface area contributed by atoms with Crippen LogP contribution in [0.25, 0.3) is 0 Å². The predicted molar refractivity (Wildman–Crippen MR) is 69.8 cm³/mol. The second-order valence-corrected chi connectivity index (χ2v) is 6.31. The molecule has 1 N–H and O–H groups in total. The molecule has 1 aliphatic rings. The fraction of sp³-hybridized carbons (Fsp3) is 0.600. The van der Waals surface area contributed by atoms with E-state index in [4.69, 9.17) is 11.6 Å². The summed E-state index contributed by atoms with van der Waals surface area (Å²) in [5.41, 5.74) is 0. The van der Waals surface area contributed by atoms with Crippen LogP contribution >= 0.6 is 38.9 Å². The highest BCUT2D eigenvalue weighted by Gasteiger charge is 2.11. The third-order valence-electron chi connectivity index (χ3n) is 2.51. The van der Waals surface area contributed by atoms with Gasteiger partial charge < -0.3 is 5.32 Å². The number of thiophene rings is 1. The van der Waals surface area contributed by atoms with E-state index in [-0.39, 0.29) is 0 Å². The molecule has 2 heterocycles. The first-order valence-electron chi connectivity index (χ1n) is 5.12. The maximum absolute atomic E-state index is 6.02. The number of hydrogen-bond acceptors (Lipinski definition) is 3. The Hall–Kier alpha value is 0.390. The first kappa shape index (κ1) is 11.9. The fourth-order valence-corrected chi connectivity index (χ4v) is 3.58. The zero-order valence-electron chi connectivity index (χ0n) is 8.43. The molecule has 1 aromatic rings. The van der Waals surface area contributed by atoms with Crippen molar-refractivity contribution < 1.29 is 0 Å². The van der Waals surface area contributed by atoms with Crippen molar-refractivity contribution in [2.24, 2.45) is 0 Å². The average molecular weight is 310 g/mol. The summed E-state index contributed by atoms with van der Waals surface area (Å²) >= 11 is 11.1. The lowest BCUT2D eigenvalue weighted by atomic mass is 10.3. The van der Waals surface area contributed by atoms with Gasteiger partial charge in [0.05, 0.1) is 0 Å². The fourth-order valence-electron chi connectivity index (χ4n) is 1.75. The molecule has 0 saturated carbocycles. The molecule has 1 aliphatic heterocycles. The first-order chi connectivity index (χ1) is 7.25. The topological polar surface area (TPSA) is 15.3 Å². The van der Waals surface area contributed by atoms with Gasteiger partial charge in [-0.15, -0.1) is 11.3 Å². The molecule has 5 heteroatoms. The van der Waals surface area contributed by atoms with E-state index in [1.165, 1.54) is 17.8 Å². The van der Waals surface area contributed by atoms with Crippen LogP contribution in [0.1, 0.15) is 11.3 Å². The third-order valence-corrected chi connectivity index (χ3v) is 4.97. The van der Waals surface area contributed by atoms with Crippen LogP contribution in [-0.4, -0.2) is 31.1 Å². The quantitative estimate of drug-likeness (QED) is 0.903. The second-order valence-electron chi connectivity index (χ2n) is 3.71. The van der Waals surface area contributed by atoms with Gasteiger partial charge in [-0.3, -0.25) is 4.90 Å². The van der Waals surface area contributed by atoms with Crippen LogP contribution in [0, 0.1) is 0 Å². The number of halogens is 2. The summed E-state index contributed by atoms with van der Waals surface area (Å²) in [6.07, 6.45) is 1.24. The summed E-state index contributed by atoms with van der Waals surface area (Å²) in [5.74, 6) is 0. The van der Waals surface area contributed by atoms with Gasteiger partial charge in [-0.25, -0.2) is 0 Å². The minimum absolute atomic E-state index is 0.859. The van der Waals surface area contributed by atoms with Crippen molar-refractivity contribution in [2.75, 3.05) is 26.2 Å². The largest absolute Gasteiger partial charge is 0.315 e. The summed E-state index contributed by atoms with van der Waals surface area (Å²) in [7, 11) is 0. The van der Waals surface area contributed by atoms with Gasteiger partial charge in [0.15, 0.2) is 0 Å². The molecule has 15 heavy (non-hydrogen) atoms. The second kappa shape index (κ2) is 5.64. The van der Waals surface area contributed by atoms with E-state index in [0.717, 1.165) is 35.0 Å². The summed E-state index contributed by atoms with van der Waals surface area (Å²) in [6.45, 7) is 5.58. The SMILES string of the molecule is Clc1sc(CN2CCCNCC2)cc1Br. The van der Waals surface area contributed by atoms with E-state index in [9.17, 15) is 0 Å². The number of hydrogen-bond donors (Lipinski definition) is 1. The molecule has 0 spiro atoms. The summed E-state index contributed by atoms with van der Waals surface area (Å²) in [4.78, 5) is 3.82. The maximum atomic E-state index is 6.02. The Balaban J connectivity index is 1.95. The molecule has 0 radical (unpaired) electrons. The van der Waals surface area contributed by atoms with Crippen molar-refractivity contribution in [1.82, 2.24) is 10.2 Å². The van der Waals surface area contributed by atoms with Crippen LogP contribution < -0.4 is 5.32 Å². The molecule has 0 aromatic carbocycles. The van der Waals surface area contributed by atoms with Crippen molar-refractivity contribution in [2.45, 2.75) is 13.0 Å². The van der Waals surface area contributed by atoms with Crippen LogP contribution in [0.2, 0.25) is 4.34 Å². The summed E-state index contributed by atoms with van der Waals surface area (Å²) in [5, 5.41) is 3.41. The average Bonchev–Trinajstić information content (AvgIpc) is 2.45. The molecule has 1 fully saturated rings. The van der Waals surface area contributed by atoms with Gasteiger partial charge in [-0.05, 0) is 41.5 Å². The predicted octanol–water partition coefficient (Wildman–Crippen LogP) is 2.96. The van der Waals surface area contributed by atoms with Crippen molar-refractivity contribution >= 4 is 38.9 Å². The maximum Gasteiger partial charge on any atom is 0.107 e. The van der Waals surface area contributed by atoms with Crippen molar-refractivity contribution in [1.29, 1.82) is 0 Å². The van der Waals surface area contributed by atoms with Crippen LogP contribution in [0.4, 0.5) is 0 Å². The number of nitrogens with one attached hydrogen (secondary N) is 1. The summed E-state index contributed by atoms with van der Waals surface area (Å²) < 4.78 is 1.88. The van der Waals surface area contributed by atoms with Crippen LogP contribution in [0.5, 0.6) is 0 Å². The van der Waals surface area contributed by atoms with Crippen molar-refractivity contribution in [3.05, 3.63) is 19.8 Å². The Labute approximate surface area is 108 Å². The van der Waals surface area contributed by atoms with Gasteiger partial charge in [0.25, 0.3) is 0 Å². The first-order valence-corrected chi connectivity index (χ1v) is 7.11. The monoisotopic (exact) mass is 308 g/mol. The van der Waals surface area contributed by atoms with E-state index in [0.29, 0.717) is 0 Å². The van der Waals surface area contributed by atoms with E-state index < -0.39 is 0 Å². The van der Waals surface area contributed by atoms with Crippen molar-refractivity contribution in [3.8, 4) is 0 Å². The van der Waals surface area contributed by atoms with Gasteiger partial charge in [0, 0.05) is 29.0 Å². The van der Waals surface area contributed by atoms with Crippen LogP contribution in [-0.2, 0) is 6.54 Å². The molecule has 0 unspecified atom stereocenters. The highest BCUT2D eigenvalue weighted by Crippen LogP contribution is 2.32. The molecule has 1 aromatic heterocycles. The molecule has 0 bridgehead atoms. The molecule has 0 atom stereocenters. The molecule has 0 aliphatic carbocycles. The molecule has 1 saturated heterocycles. The lowest BCUT2D eigenvalue weighted by Crippen LogP contribution is -2.27. The summed E-state index contributed by atoms with van der Waals surface area (Å²) in [6, 6.07) is 2.13. The molecule has 2 nitrogen and oxygen atoms in total. The van der Waals surface area contributed by atoms with Gasteiger partial charge >= 0.3 is 0 Å².